The van der Waals surface area contributed by atoms with E-state index in [0.29, 0.717) is 11.7 Å². The second-order valence-corrected chi connectivity index (χ2v) is 5.74. The molecule has 0 bridgehead atoms. The molecule has 94 valence electrons. The maximum absolute atomic E-state index is 12.2. The van der Waals surface area contributed by atoms with Gasteiger partial charge in [0.05, 0.1) is 0 Å². The van der Waals surface area contributed by atoms with Crippen molar-refractivity contribution in [3.05, 3.63) is 71.8 Å². The molecule has 0 unspecified atom stereocenters. The first-order chi connectivity index (χ1) is 9.34. The van der Waals surface area contributed by atoms with Crippen molar-refractivity contribution in [2.75, 3.05) is 0 Å². The summed E-state index contributed by atoms with van der Waals surface area (Å²) in [7, 11) is 0. The molecule has 2 aliphatic rings. The Balaban J connectivity index is 1.81. The molecule has 3 atom stereocenters. The van der Waals surface area contributed by atoms with E-state index in [4.69, 9.17) is 0 Å². The molecule has 19 heavy (non-hydrogen) atoms. The van der Waals surface area contributed by atoms with Gasteiger partial charge in [-0.15, -0.1) is 0 Å². The quantitative estimate of drug-likeness (QED) is 0.792. The Hall–Kier alpha value is -1.89. The smallest absolute Gasteiger partial charge is 0.137 e. The molecule has 2 aromatic rings. The predicted molar refractivity (Wildman–Crippen MR) is 75.0 cm³/mol. The average molecular weight is 248 g/mol. The fourth-order valence-corrected chi connectivity index (χ4v) is 4.11. The maximum Gasteiger partial charge on any atom is 0.137 e. The largest absolute Gasteiger partial charge is 0.299 e. The molecule has 1 nitrogen and oxygen atoms in total. The van der Waals surface area contributed by atoms with Gasteiger partial charge in [0.15, 0.2) is 0 Å². The molecule has 2 saturated carbocycles. The van der Waals surface area contributed by atoms with Crippen LogP contribution < -0.4 is 0 Å². The summed E-state index contributed by atoms with van der Waals surface area (Å²) in [6.07, 6.45) is 1.77. The van der Waals surface area contributed by atoms with Crippen molar-refractivity contribution in [2.45, 2.75) is 24.2 Å². The molecule has 0 amide bonds. The second kappa shape index (κ2) is 3.80. The van der Waals surface area contributed by atoms with Gasteiger partial charge in [0, 0.05) is 23.7 Å². The fraction of sp³-hybridized carbons (Fsp3) is 0.278. The molecular formula is C18H16O. The molecule has 2 aliphatic carbocycles. The van der Waals surface area contributed by atoms with Gasteiger partial charge in [-0.2, -0.15) is 0 Å². The van der Waals surface area contributed by atoms with Crippen molar-refractivity contribution in [2.24, 2.45) is 5.92 Å². The lowest BCUT2D eigenvalue weighted by Gasteiger charge is -2.15. The molecule has 0 heterocycles. The Labute approximate surface area is 113 Å². The minimum atomic E-state index is 0.0969. The summed E-state index contributed by atoms with van der Waals surface area (Å²) in [6.45, 7) is 0. The zero-order valence-corrected chi connectivity index (χ0v) is 10.8. The summed E-state index contributed by atoms with van der Waals surface area (Å²) < 4.78 is 0. The van der Waals surface area contributed by atoms with Gasteiger partial charge in [0.1, 0.15) is 5.78 Å². The standard InChI is InChI=1S/C18H16O/c19-15-11-12-18(14-9-5-2-6-10-14)16(17(15)18)13-7-3-1-4-8-13/h1-10,16-17H,11-12H2/t16-,17-,18-/m0/s1. The molecule has 0 spiro atoms. The third-order valence-corrected chi connectivity index (χ3v) is 4.94. The number of ketones is 1. The van der Waals surface area contributed by atoms with Gasteiger partial charge in [0.2, 0.25) is 0 Å². The lowest BCUT2D eigenvalue weighted by Crippen LogP contribution is -2.08. The third-order valence-electron chi connectivity index (χ3n) is 4.94. The second-order valence-electron chi connectivity index (χ2n) is 5.74. The van der Waals surface area contributed by atoms with Crippen LogP contribution in [-0.2, 0) is 10.2 Å². The van der Waals surface area contributed by atoms with Gasteiger partial charge in [0.25, 0.3) is 0 Å². The number of Topliss-reactive ketones (excluding diaryl/α,β-unsaturated/α-hetero) is 1. The number of fused-ring (bicyclic) bond motifs is 1. The molecule has 2 fully saturated rings. The van der Waals surface area contributed by atoms with Gasteiger partial charge >= 0.3 is 0 Å². The van der Waals surface area contributed by atoms with Crippen LogP contribution in [0.2, 0.25) is 0 Å². The van der Waals surface area contributed by atoms with Crippen LogP contribution in [-0.4, -0.2) is 5.78 Å². The van der Waals surface area contributed by atoms with Crippen LogP contribution >= 0.6 is 0 Å². The summed E-state index contributed by atoms with van der Waals surface area (Å²) in [5, 5.41) is 0. The van der Waals surface area contributed by atoms with E-state index in [0.717, 1.165) is 12.8 Å². The van der Waals surface area contributed by atoms with E-state index in [1.165, 1.54) is 11.1 Å². The molecule has 2 aromatic carbocycles. The first-order valence-electron chi connectivity index (χ1n) is 6.97. The number of hydrogen-bond acceptors (Lipinski definition) is 1. The highest BCUT2D eigenvalue weighted by atomic mass is 16.1. The Kier molecular flexibility index (Phi) is 2.20. The van der Waals surface area contributed by atoms with E-state index < -0.39 is 0 Å². The van der Waals surface area contributed by atoms with E-state index in [1.54, 1.807) is 0 Å². The molecule has 0 N–H and O–H groups in total. The highest BCUT2D eigenvalue weighted by molar-refractivity contribution is 5.92. The molecule has 1 heteroatoms. The minimum absolute atomic E-state index is 0.0969. The number of carbonyl (C=O) groups is 1. The summed E-state index contributed by atoms with van der Waals surface area (Å²) >= 11 is 0. The van der Waals surface area contributed by atoms with Crippen molar-refractivity contribution in [1.29, 1.82) is 0 Å². The summed E-state index contributed by atoms with van der Waals surface area (Å²) in [5.74, 6) is 1.08. The van der Waals surface area contributed by atoms with E-state index in [9.17, 15) is 4.79 Å². The van der Waals surface area contributed by atoms with E-state index in [-0.39, 0.29) is 11.3 Å². The number of carbonyl (C=O) groups excluding carboxylic acids is 1. The SMILES string of the molecule is O=C1CC[C@@]2(c3ccccc3)[C@@H]1[C@@H]2c1ccccc1. The summed E-state index contributed by atoms with van der Waals surface area (Å²) in [6, 6.07) is 21.1. The molecule has 4 rings (SSSR count). The highest BCUT2D eigenvalue weighted by Gasteiger charge is 2.71. The Morgan fingerprint density at radius 3 is 2.16 bits per heavy atom. The number of rotatable bonds is 2. The molecule has 0 aliphatic heterocycles. The van der Waals surface area contributed by atoms with Crippen LogP contribution in [0.15, 0.2) is 60.7 Å². The maximum atomic E-state index is 12.2. The van der Waals surface area contributed by atoms with Crippen LogP contribution in [0.4, 0.5) is 0 Å². The molecule has 0 saturated heterocycles. The van der Waals surface area contributed by atoms with Gasteiger partial charge in [-0.3, -0.25) is 4.79 Å². The molecular weight excluding hydrogens is 232 g/mol. The Morgan fingerprint density at radius 1 is 0.842 bits per heavy atom. The third kappa shape index (κ3) is 1.39. The lowest BCUT2D eigenvalue weighted by molar-refractivity contribution is -0.119. The summed E-state index contributed by atoms with van der Waals surface area (Å²) in [4.78, 5) is 12.2. The topological polar surface area (TPSA) is 17.1 Å². The van der Waals surface area contributed by atoms with Crippen molar-refractivity contribution in [1.82, 2.24) is 0 Å². The normalized spacial score (nSPS) is 32.1. The van der Waals surface area contributed by atoms with Gasteiger partial charge < -0.3 is 0 Å². The monoisotopic (exact) mass is 248 g/mol. The number of hydrogen-bond donors (Lipinski definition) is 0. The molecule has 0 aromatic heterocycles. The van der Waals surface area contributed by atoms with Crippen molar-refractivity contribution in [3.8, 4) is 0 Å². The zero-order chi connectivity index (χ0) is 12.9. The average Bonchev–Trinajstić information content (AvgIpc) is 3.06. The van der Waals surface area contributed by atoms with Gasteiger partial charge in [-0.25, -0.2) is 0 Å². The van der Waals surface area contributed by atoms with Crippen LogP contribution in [0, 0.1) is 5.92 Å². The highest BCUT2D eigenvalue weighted by Crippen LogP contribution is 2.72. The van der Waals surface area contributed by atoms with Crippen molar-refractivity contribution in [3.63, 3.8) is 0 Å². The van der Waals surface area contributed by atoms with E-state index in [2.05, 4.69) is 48.5 Å². The minimum Gasteiger partial charge on any atom is -0.299 e. The van der Waals surface area contributed by atoms with E-state index in [1.807, 2.05) is 12.1 Å². The zero-order valence-electron chi connectivity index (χ0n) is 10.8. The predicted octanol–water partition coefficient (Wildman–Crippen LogP) is 3.70. The summed E-state index contributed by atoms with van der Waals surface area (Å²) in [5.41, 5.74) is 2.77. The van der Waals surface area contributed by atoms with Crippen LogP contribution in [0.3, 0.4) is 0 Å². The lowest BCUT2D eigenvalue weighted by atomic mass is 9.88. The Morgan fingerprint density at radius 2 is 1.47 bits per heavy atom. The first kappa shape index (κ1) is 11.0. The van der Waals surface area contributed by atoms with Crippen molar-refractivity contribution < 1.29 is 4.79 Å². The van der Waals surface area contributed by atoms with Crippen molar-refractivity contribution >= 4 is 5.78 Å². The fourth-order valence-electron chi connectivity index (χ4n) is 4.11. The van der Waals surface area contributed by atoms with Gasteiger partial charge in [-0.05, 0) is 17.5 Å². The van der Waals surface area contributed by atoms with Gasteiger partial charge in [-0.1, -0.05) is 60.7 Å². The molecule has 0 radical (unpaired) electrons. The van der Waals surface area contributed by atoms with Crippen LogP contribution in [0.1, 0.15) is 29.9 Å². The van der Waals surface area contributed by atoms with E-state index >= 15 is 0 Å². The van der Waals surface area contributed by atoms with Crippen LogP contribution in [0.25, 0.3) is 0 Å². The Bertz CT molecular complexity index is 617. The number of benzene rings is 2. The van der Waals surface area contributed by atoms with Crippen LogP contribution in [0.5, 0.6) is 0 Å². The first-order valence-corrected chi connectivity index (χ1v) is 6.97.